The summed E-state index contributed by atoms with van der Waals surface area (Å²) in [5.74, 6) is 0. The molecule has 0 fully saturated rings. The van der Waals surface area contributed by atoms with E-state index in [0.717, 1.165) is 44.7 Å². The average molecular weight is 285 g/mol. The largest absolute Gasteiger partial charge is 0.380 e. The second-order valence-electron chi connectivity index (χ2n) is 5.11. The van der Waals surface area contributed by atoms with Gasteiger partial charge in [-0.1, -0.05) is 13.3 Å². The van der Waals surface area contributed by atoms with Crippen LogP contribution in [-0.2, 0) is 11.3 Å². The fourth-order valence-electron chi connectivity index (χ4n) is 2.28. The van der Waals surface area contributed by atoms with Gasteiger partial charge in [0.2, 0.25) is 0 Å². The number of unbranched alkanes of at least 4 members (excludes halogenated alkanes) is 1. The summed E-state index contributed by atoms with van der Waals surface area (Å²) in [6, 6.07) is 10.0. The smallest absolute Gasteiger partial charge is 0.0991 e. The van der Waals surface area contributed by atoms with Crippen molar-refractivity contribution in [2.75, 3.05) is 26.3 Å². The number of aromatic nitrogens is 1. The highest BCUT2D eigenvalue weighted by Gasteiger charge is 2.01. The van der Waals surface area contributed by atoms with E-state index in [9.17, 15) is 0 Å². The third kappa shape index (κ3) is 4.59. The van der Waals surface area contributed by atoms with Crippen molar-refractivity contribution in [3.05, 3.63) is 36.0 Å². The van der Waals surface area contributed by atoms with Crippen LogP contribution < -0.4 is 5.32 Å². The summed E-state index contributed by atoms with van der Waals surface area (Å²) in [6.45, 7) is 6.54. The Bertz CT molecular complexity index is 598. The highest BCUT2D eigenvalue weighted by molar-refractivity contribution is 5.81. The molecule has 0 aliphatic carbocycles. The van der Waals surface area contributed by atoms with Gasteiger partial charge >= 0.3 is 0 Å². The Kier molecular flexibility index (Phi) is 6.26. The molecule has 2 aromatic rings. The Morgan fingerprint density at radius 1 is 1.24 bits per heavy atom. The number of benzene rings is 1. The zero-order valence-corrected chi connectivity index (χ0v) is 12.6. The minimum absolute atomic E-state index is 0.711. The second kappa shape index (κ2) is 8.46. The first-order valence-corrected chi connectivity index (χ1v) is 7.62. The quantitative estimate of drug-likeness (QED) is 0.721. The molecule has 0 atom stereocenters. The summed E-state index contributed by atoms with van der Waals surface area (Å²) in [6.07, 6.45) is 4.40. The van der Waals surface area contributed by atoms with E-state index in [-0.39, 0.29) is 0 Å². The molecule has 0 aliphatic heterocycles. The Labute approximate surface area is 126 Å². The molecular formula is C17H23N3O. The monoisotopic (exact) mass is 285 g/mol. The van der Waals surface area contributed by atoms with Gasteiger partial charge in [-0.25, -0.2) is 0 Å². The molecule has 0 saturated heterocycles. The number of hydrogen-bond acceptors (Lipinski definition) is 3. The van der Waals surface area contributed by atoms with Gasteiger partial charge in [0.05, 0.1) is 18.2 Å². The molecule has 0 spiro atoms. The fourth-order valence-corrected chi connectivity index (χ4v) is 2.28. The number of nitrogens with one attached hydrogen (secondary N) is 1. The molecule has 21 heavy (non-hydrogen) atoms. The van der Waals surface area contributed by atoms with Gasteiger partial charge in [0, 0.05) is 43.3 Å². The van der Waals surface area contributed by atoms with Gasteiger partial charge in [-0.15, -0.1) is 0 Å². The minimum atomic E-state index is 0.711. The minimum Gasteiger partial charge on any atom is -0.380 e. The molecule has 0 amide bonds. The summed E-state index contributed by atoms with van der Waals surface area (Å²) >= 11 is 0. The van der Waals surface area contributed by atoms with Gasteiger partial charge in [-0.05, 0) is 30.7 Å². The lowest BCUT2D eigenvalue weighted by Crippen LogP contribution is -2.24. The highest BCUT2D eigenvalue weighted by Crippen LogP contribution is 2.17. The van der Waals surface area contributed by atoms with Crippen LogP contribution >= 0.6 is 0 Å². The predicted octanol–water partition coefficient (Wildman–Crippen LogP) is 2.92. The second-order valence-corrected chi connectivity index (χ2v) is 5.11. The van der Waals surface area contributed by atoms with Gasteiger partial charge < -0.3 is 14.6 Å². The van der Waals surface area contributed by atoms with Crippen molar-refractivity contribution in [2.24, 2.45) is 0 Å². The van der Waals surface area contributed by atoms with E-state index in [2.05, 4.69) is 35.1 Å². The van der Waals surface area contributed by atoms with Gasteiger partial charge in [0.25, 0.3) is 0 Å². The topological polar surface area (TPSA) is 50.0 Å². The lowest BCUT2D eigenvalue weighted by molar-refractivity contribution is 0.133. The first-order chi connectivity index (χ1) is 10.3. The molecular weight excluding hydrogens is 262 g/mol. The number of ether oxygens (including phenoxy) is 1. The summed E-state index contributed by atoms with van der Waals surface area (Å²) in [4.78, 5) is 0. The van der Waals surface area contributed by atoms with Crippen LogP contribution in [0, 0.1) is 11.3 Å². The predicted molar refractivity (Wildman–Crippen MR) is 85.2 cm³/mol. The van der Waals surface area contributed by atoms with Crippen molar-refractivity contribution < 1.29 is 4.74 Å². The Balaban J connectivity index is 1.73. The van der Waals surface area contributed by atoms with E-state index in [1.54, 1.807) is 0 Å². The highest BCUT2D eigenvalue weighted by atomic mass is 16.5. The van der Waals surface area contributed by atoms with E-state index >= 15 is 0 Å². The molecule has 4 heteroatoms. The van der Waals surface area contributed by atoms with Gasteiger partial charge in [-0.2, -0.15) is 5.26 Å². The molecule has 112 valence electrons. The molecule has 0 radical (unpaired) electrons. The maximum absolute atomic E-state index is 8.90. The molecule has 4 nitrogen and oxygen atoms in total. The standard InChI is InChI=1S/C17H23N3O/c1-2-3-11-21-12-8-19-7-10-20-9-6-16-13-15(14-18)4-5-17(16)20/h4-6,9,13,19H,2-3,7-8,10-12H2,1H3. The Hall–Kier alpha value is -1.83. The number of fused-ring (bicyclic) bond motifs is 1. The van der Waals surface area contributed by atoms with Crippen LogP contribution in [0.2, 0.25) is 0 Å². The fraction of sp³-hybridized carbons (Fsp3) is 0.471. The van der Waals surface area contributed by atoms with Crippen LogP contribution in [0.15, 0.2) is 30.5 Å². The number of hydrogen-bond donors (Lipinski definition) is 1. The molecule has 2 rings (SSSR count). The first kappa shape index (κ1) is 15.6. The SMILES string of the molecule is CCCCOCCNCCn1ccc2cc(C#N)ccc21. The van der Waals surface area contributed by atoms with Gasteiger partial charge in [0.1, 0.15) is 0 Å². The average Bonchev–Trinajstić information content (AvgIpc) is 2.92. The molecule has 1 N–H and O–H groups in total. The maximum atomic E-state index is 8.90. The van der Waals surface area contributed by atoms with Crippen molar-refractivity contribution in [3.63, 3.8) is 0 Å². The van der Waals surface area contributed by atoms with Crippen molar-refractivity contribution in [1.82, 2.24) is 9.88 Å². The zero-order valence-electron chi connectivity index (χ0n) is 12.6. The van der Waals surface area contributed by atoms with Crippen LogP contribution in [-0.4, -0.2) is 30.9 Å². The molecule has 0 bridgehead atoms. The third-order valence-corrected chi connectivity index (χ3v) is 3.49. The molecule has 1 aromatic carbocycles. The van der Waals surface area contributed by atoms with Crippen molar-refractivity contribution >= 4 is 10.9 Å². The van der Waals surface area contributed by atoms with Crippen molar-refractivity contribution in [3.8, 4) is 6.07 Å². The van der Waals surface area contributed by atoms with Crippen molar-refractivity contribution in [1.29, 1.82) is 5.26 Å². The van der Waals surface area contributed by atoms with Crippen LogP contribution in [0.25, 0.3) is 10.9 Å². The van der Waals surface area contributed by atoms with Gasteiger partial charge in [-0.3, -0.25) is 0 Å². The van der Waals surface area contributed by atoms with Crippen molar-refractivity contribution in [2.45, 2.75) is 26.3 Å². The van der Waals surface area contributed by atoms with Crippen LogP contribution in [0.5, 0.6) is 0 Å². The van der Waals surface area contributed by atoms with E-state index in [4.69, 9.17) is 10.00 Å². The Morgan fingerprint density at radius 3 is 2.95 bits per heavy atom. The molecule has 0 saturated carbocycles. The molecule has 0 aliphatic rings. The first-order valence-electron chi connectivity index (χ1n) is 7.62. The maximum Gasteiger partial charge on any atom is 0.0991 e. The van der Waals surface area contributed by atoms with E-state index in [1.807, 2.05) is 18.2 Å². The molecule has 0 unspecified atom stereocenters. The molecule has 1 heterocycles. The van der Waals surface area contributed by atoms with Gasteiger partial charge in [0.15, 0.2) is 0 Å². The number of nitriles is 1. The van der Waals surface area contributed by atoms with Crippen LogP contribution in [0.3, 0.4) is 0 Å². The third-order valence-electron chi connectivity index (χ3n) is 3.49. The summed E-state index contributed by atoms with van der Waals surface area (Å²) in [5, 5.41) is 13.4. The van der Waals surface area contributed by atoms with Crippen LogP contribution in [0.1, 0.15) is 25.3 Å². The summed E-state index contributed by atoms with van der Waals surface area (Å²) in [7, 11) is 0. The zero-order chi connectivity index (χ0) is 14.9. The normalized spacial score (nSPS) is 10.9. The van der Waals surface area contributed by atoms with E-state index in [0.29, 0.717) is 5.56 Å². The van der Waals surface area contributed by atoms with Crippen LogP contribution in [0.4, 0.5) is 0 Å². The lowest BCUT2D eigenvalue weighted by Gasteiger charge is -2.08. The number of nitrogens with zero attached hydrogens (tertiary/aromatic N) is 2. The summed E-state index contributed by atoms with van der Waals surface area (Å²) in [5.41, 5.74) is 1.89. The lowest BCUT2D eigenvalue weighted by atomic mass is 10.2. The molecule has 1 aromatic heterocycles. The van der Waals surface area contributed by atoms with E-state index < -0.39 is 0 Å². The summed E-state index contributed by atoms with van der Waals surface area (Å²) < 4.78 is 7.72. The number of rotatable bonds is 9. The Morgan fingerprint density at radius 2 is 2.14 bits per heavy atom. The van der Waals surface area contributed by atoms with E-state index in [1.165, 1.54) is 11.9 Å².